The number of alkyl halides is 4. The van der Waals surface area contributed by atoms with Crippen molar-refractivity contribution in [2.45, 2.75) is 38.0 Å². The molecule has 0 radical (unpaired) electrons. The lowest BCUT2D eigenvalue weighted by Crippen LogP contribution is -2.60. The van der Waals surface area contributed by atoms with Crippen molar-refractivity contribution in [2.24, 2.45) is 5.41 Å². The Labute approximate surface area is 140 Å². The molecule has 128 valence electrons. The molecule has 0 fully saturated rings. The molecule has 0 aromatic heterocycles. The Morgan fingerprint density at radius 2 is 1.65 bits per heavy atom. The number of nitrogens with one attached hydrogen (secondary N) is 1. The summed E-state index contributed by atoms with van der Waals surface area (Å²) in [5.74, 6) is -3.23. The first-order valence-electron chi connectivity index (χ1n) is 6.67. The molecule has 0 spiro atoms. The van der Waals surface area contributed by atoms with Crippen LogP contribution in [0.25, 0.3) is 0 Å². The minimum Gasteiger partial charge on any atom is -0.458 e. The maximum Gasteiger partial charge on any atom is 0.471 e. The molecule has 0 saturated heterocycles. The van der Waals surface area contributed by atoms with Gasteiger partial charge in [-0.3, -0.25) is 4.79 Å². The van der Waals surface area contributed by atoms with Crippen LogP contribution >= 0.6 is 15.9 Å². The van der Waals surface area contributed by atoms with Crippen molar-refractivity contribution in [2.75, 3.05) is 0 Å². The number of benzene rings is 1. The van der Waals surface area contributed by atoms with E-state index in [0.717, 1.165) is 0 Å². The first-order valence-corrected chi connectivity index (χ1v) is 7.46. The van der Waals surface area contributed by atoms with Crippen LogP contribution in [-0.4, -0.2) is 22.5 Å². The Bertz CT molecular complexity index is 570. The summed E-state index contributed by atoms with van der Waals surface area (Å²) in [5.41, 5.74) is -0.395. The molecule has 1 aromatic rings. The van der Waals surface area contributed by atoms with Gasteiger partial charge < -0.3 is 10.1 Å². The first kappa shape index (κ1) is 19.5. The topological polar surface area (TPSA) is 55.4 Å². The smallest absolute Gasteiger partial charge is 0.458 e. The second kappa shape index (κ2) is 6.90. The van der Waals surface area contributed by atoms with Crippen LogP contribution < -0.4 is 5.32 Å². The Kier molecular flexibility index (Phi) is 5.84. The largest absolute Gasteiger partial charge is 0.471 e. The van der Waals surface area contributed by atoms with E-state index in [0.29, 0.717) is 5.56 Å². The van der Waals surface area contributed by atoms with E-state index in [4.69, 9.17) is 4.74 Å². The molecule has 1 atom stereocenters. The first-order chi connectivity index (χ1) is 10.4. The molecular weight excluding hydrogens is 379 g/mol. The van der Waals surface area contributed by atoms with Crippen molar-refractivity contribution in [1.82, 2.24) is 5.32 Å². The van der Waals surface area contributed by atoms with Crippen LogP contribution in [-0.2, 0) is 20.9 Å². The summed E-state index contributed by atoms with van der Waals surface area (Å²) in [5, 5.41) is 1.69. The molecule has 4 nitrogen and oxygen atoms in total. The molecule has 0 aliphatic rings. The van der Waals surface area contributed by atoms with E-state index in [1.54, 1.807) is 35.6 Å². The number of hydrogen-bond donors (Lipinski definition) is 1. The molecule has 1 N–H and O–H groups in total. The molecule has 0 aliphatic carbocycles. The third-order valence-electron chi connectivity index (χ3n) is 3.07. The standard InChI is InChI=1S/C15H17BrF3NO3/c1-13(2,3)14(16,20-11(21)15(17,18)19)12(22)23-9-10-7-5-4-6-8-10/h4-8H,9H2,1-3H3,(H,20,21). The maximum atomic E-state index is 12.5. The summed E-state index contributed by atoms with van der Waals surface area (Å²) in [6.45, 7) is 4.39. The molecule has 0 heterocycles. The summed E-state index contributed by atoms with van der Waals surface area (Å²) < 4.78 is 40.5. The van der Waals surface area contributed by atoms with Crippen molar-refractivity contribution < 1.29 is 27.5 Å². The third-order valence-corrected chi connectivity index (χ3v) is 4.78. The van der Waals surface area contributed by atoms with E-state index in [9.17, 15) is 22.8 Å². The average molecular weight is 396 g/mol. The number of halogens is 4. The quantitative estimate of drug-likeness (QED) is 0.481. The minimum absolute atomic E-state index is 0.120. The van der Waals surface area contributed by atoms with Crippen LogP contribution in [0.3, 0.4) is 0 Å². The molecule has 1 amide bonds. The van der Waals surface area contributed by atoms with Gasteiger partial charge in [-0.2, -0.15) is 13.2 Å². The van der Waals surface area contributed by atoms with Gasteiger partial charge in [-0.15, -0.1) is 0 Å². The Morgan fingerprint density at radius 3 is 2.09 bits per heavy atom. The molecule has 1 aromatic carbocycles. The van der Waals surface area contributed by atoms with Crippen LogP contribution in [0.2, 0.25) is 0 Å². The lowest BCUT2D eigenvalue weighted by Gasteiger charge is -2.38. The molecule has 0 saturated carbocycles. The van der Waals surface area contributed by atoms with Gasteiger partial charge in [0.05, 0.1) is 0 Å². The molecule has 0 aliphatic heterocycles. The molecule has 0 bridgehead atoms. The summed E-state index contributed by atoms with van der Waals surface area (Å²) in [6.07, 6.45) is -5.11. The van der Waals surface area contributed by atoms with Gasteiger partial charge >= 0.3 is 18.1 Å². The number of esters is 1. The van der Waals surface area contributed by atoms with Gasteiger partial charge in [0, 0.05) is 5.41 Å². The summed E-state index contributed by atoms with van der Waals surface area (Å²) in [7, 11) is 0. The normalized spacial score (nSPS) is 14.7. The third kappa shape index (κ3) is 4.95. The zero-order valence-electron chi connectivity index (χ0n) is 12.8. The van der Waals surface area contributed by atoms with E-state index in [1.807, 2.05) is 0 Å². The maximum absolute atomic E-state index is 12.5. The minimum atomic E-state index is -5.11. The summed E-state index contributed by atoms with van der Waals surface area (Å²) in [4.78, 5) is 23.5. The number of hydrogen-bond acceptors (Lipinski definition) is 3. The summed E-state index contributed by atoms with van der Waals surface area (Å²) in [6, 6.07) is 8.65. The fourth-order valence-electron chi connectivity index (χ4n) is 1.59. The lowest BCUT2D eigenvalue weighted by atomic mass is 9.86. The summed E-state index contributed by atoms with van der Waals surface area (Å²) >= 11 is 2.93. The SMILES string of the molecule is CC(C)(C)C(Br)(NC(=O)C(F)(F)F)C(=O)OCc1ccccc1. The van der Waals surface area contributed by atoms with Crippen LogP contribution in [0, 0.1) is 5.41 Å². The fraction of sp³-hybridized carbons (Fsp3) is 0.467. The highest BCUT2D eigenvalue weighted by Crippen LogP contribution is 2.38. The van der Waals surface area contributed by atoms with Crippen molar-refractivity contribution in [1.29, 1.82) is 0 Å². The zero-order valence-corrected chi connectivity index (χ0v) is 14.4. The number of amides is 1. The van der Waals surface area contributed by atoms with E-state index < -0.39 is 27.9 Å². The van der Waals surface area contributed by atoms with E-state index in [-0.39, 0.29) is 6.61 Å². The average Bonchev–Trinajstić information content (AvgIpc) is 2.43. The highest BCUT2D eigenvalue weighted by atomic mass is 79.9. The number of ether oxygens (including phenoxy) is 1. The van der Waals surface area contributed by atoms with Gasteiger partial charge in [0.2, 0.25) is 0 Å². The van der Waals surface area contributed by atoms with Crippen molar-refractivity contribution >= 4 is 27.8 Å². The Balaban J connectivity index is 2.93. The Morgan fingerprint density at radius 1 is 1.13 bits per heavy atom. The van der Waals surface area contributed by atoms with Gasteiger partial charge in [-0.25, -0.2) is 4.79 Å². The van der Waals surface area contributed by atoms with Gasteiger partial charge in [-0.1, -0.05) is 51.1 Å². The lowest BCUT2D eigenvalue weighted by molar-refractivity contribution is -0.178. The fourth-order valence-corrected chi connectivity index (χ4v) is 1.89. The van der Waals surface area contributed by atoms with Crippen LogP contribution in [0.1, 0.15) is 26.3 Å². The monoisotopic (exact) mass is 395 g/mol. The molecule has 1 unspecified atom stereocenters. The molecule has 23 heavy (non-hydrogen) atoms. The van der Waals surface area contributed by atoms with Gasteiger partial charge in [0.25, 0.3) is 0 Å². The van der Waals surface area contributed by atoms with E-state index in [1.165, 1.54) is 20.8 Å². The van der Waals surface area contributed by atoms with E-state index in [2.05, 4.69) is 15.9 Å². The molecule has 1 rings (SSSR count). The second-order valence-corrected chi connectivity index (χ2v) is 7.11. The highest BCUT2D eigenvalue weighted by molar-refractivity contribution is 9.10. The Hall–Kier alpha value is -1.57. The van der Waals surface area contributed by atoms with Gasteiger partial charge in [0.15, 0.2) is 4.45 Å². The zero-order chi connectivity index (χ0) is 17.9. The number of rotatable bonds is 4. The van der Waals surface area contributed by atoms with E-state index >= 15 is 0 Å². The molecule has 8 heteroatoms. The predicted molar refractivity (Wildman–Crippen MR) is 81.5 cm³/mol. The number of carbonyl (C=O) groups is 2. The van der Waals surface area contributed by atoms with Crippen LogP contribution in [0.4, 0.5) is 13.2 Å². The highest BCUT2D eigenvalue weighted by Gasteiger charge is 2.53. The number of carbonyl (C=O) groups excluding carboxylic acids is 2. The van der Waals surface area contributed by atoms with Crippen molar-refractivity contribution in [3.63, 3.8) is 0 Å². The van der Waals surface area contributed by atoms with Gasteiger partial charge in [0.1, 0.15) is 6.61 Å². The van der Waals surface area contributed by atoms with Crippen molar-refractivity contribution in [3.8, 4) is 0 Å². The van der Waals surface area contributed by atoms with Crippen LogP contribution in [0.15, 0.2) is 30.3 Å². The van der Waals surface area contributed by atoms with Gasteiger partial charge in [-0.05, 0) is 21.5 Å². The predicted octanol–water partition coefficient (Wildman–Crippen LogP) is 3.55. The second-order valence-electron chi connectivity index (χ2n) is 5.92. The molecular formula is C15H17BrF3NO3. The van der Waals surface area contributed by atoms with Crippen LogP contribution in [0.5, 0.6) is 0 Å². The van der Waals surface area contributed by atoms with Crippen molar-refractivity contribution in [3.05, 3.63) is 35.9 Å².